The number of nitrogens with one attached hydrogen (secondary N) is 1. The Bertz CT molecular complexity index is 1170. The van der Waals surface area contributed by atoms with Crippen molar-refractivity contribution in [1.82, 2.24) is 9.88 Å². The van der Waals surface area contributed by atoms with Crippen molar-refractivity contribution in [2.45, 2.75) is 31.1 Å². The normalized spacial score (nSPS) is 14.1. The molecule has 1 aliphatic heterocycles. The molecule has 7 nitrogen and oxygen atoms in total. The SMILES string of the molecule is Cc1ccc(S(=O)(=O)Nc2ccc(Oc3ccc(C(=O)N4CCCCC4)cc3)nc2)cc1. The van der Waals surface area contributed by atoms with E-state index in [1.165, 1.54) is 12.6 Å². The fourth-order valence-corrected chi connectivity index (χ4v) is 4.54. The Morgan fingerprint density at radius 2 is 1.62 bits per heavy atom. The van der Waals surface area contributed by atoms with Crippen LogP contribution in [0.4, 0.5) is 5.69 Å². The van der Waals surface area contributed by atoms with Crippen LogP contribution in [0.1, 0.15) is 35.2 Å². The number of carbonyl (C=O) groups is 1. The summed E-state index contributed by atoms with van der Waals surface area (Å²) in [7, 11) is -3.69. The molecule has 2 heterocycles. The summed E-state index contributed by atoms with van der Waals surface area (Å²) in [5.41, 5.74) is 1.95. The Morgan fingerprint density at radius 3 is 2.25 bits per heavy atom. The number of hydrogen-bond acceptors (Lipinski definition) is 5. The average Bonchev–Trinajstić information content (AvgIpc) is 2.81. The van der Waals surface area contributed by atoms with E-state index in [9.17, 15) is 13.2 Å². The van der Waals surface area contributed by atoms with Gasteiger partial charge in [-0.05, 0) is 68.7 Å². The van der Waals surface area contributed by atoms with E-state index in [-0.39, 0.29) is 10.8 Å². The predicted molar refractivity (Wildman–Crippen MR) is 122 cm³/mol. The fraction of sp³-hybridized carbons (Fsp3) is 0.250. The lowest BCUT2D eigenvalue weighted by Gasteiger charge is -2.26. The van der Waals surface area contributed by atoms with Gasteiger partial charge in [-0.15, -0.1) is 0 Å². The summed E-state index contributed by atoms with van der Waals surface area (Å²) in [4.78, 5) is 18.8. The van der Waals surface area contributed by atoms with Crippen LogP contribution in [0.15, 0.2) is 71.8 Å². The van der Waals surface area contributed by atoms with Gasteiger partial charge in [-0.3, -0.25) is 9.52 Å². The summed E-state index contributed by atoms with van der Waals surface area (Å²) in [5.74, 6) is 0.902. The van der Waals surface area contributed by atoms with Gasteiger partial charge in [-0.2, -0.15) is 0 Å². The highest BCUT2D eigenvalue weighted by Crippen LogP contribution is 2.23. The maximum absolute atomic E-state index is 12.6. The summed E-state index contributed by atoms with van der Waals surface area (Å²) in [6, 6.07) is 16.7. The highest BCUT2D eigenvalue weighted by Gasteiger charge is 2.18. The number of amides is 1. The minimum atomic E-state index is -3.69. The number of hydrogen-bond donors (Lipinski definition) is 1. The zero-order chi connectivity index (χ0) is 22.6. The van der Waals surface area contributed by atoms with Crippen LogP contribution in [-0.4, -0.2) is 37.3 Å². The maximum atomic E-state index is 12.6. The van der Waals surface area contributed by atoms with Crippen molar-refractivity contribution in [1.29, 1.82) is 0 Å². The monoisotopic (exact) mass is 451 g/mol. The van der Waals surface area contributed by atoms with E-state index in [1.807, 2.05) is 11.8 Å². The number of likely N-dealkylation sites (tertiary alicyclic amines) is 1. The van der Waals surface area contributed by atoms with E-state index in [4.69, 9.17) is 4.74 Å². The van der Waals surface area contributed by atoms with Gasteiger partial charge in [0.1, 0.15) is 5.75 Å². The van der Waals surface area contributed by atoms with E-state index in [1.54, 1.807) is 60.7 Å². The van der Waals surface area contributed by atoms with Crippen molar-refractivity contribution in [3.05, 3.63) is 78.0 Å². The lowest BCUT2D eigenvalue weighted by molar-refractivity contribution is 0.0724. The molecule has 0 atom stereocenters. The lowest BCUT2D eigenvalue weighted by Crippen LogP contribution is -2.35. The molecule has 0 bridgehead atoms. The van der Waals surface area contributed by atoms with Crippen LogP contribution < -0.4 is 9.46 Å². The number of pyridine rings is 1. The Morgan fingerprint density at radius 1 is 0.938 bits per heavy atom. The van der Waals surface area contributed by atoms with Gasteiger partial charge in [0.15, 0.2) is 0 Å². The first-order valence-electron chi connectivity index (χ1n) is 10.5. The number of aromatic nitrogens is 1. The van der Waals surface area contributed by atoms with Gasteiger partial charge in [0, 0.05) is 24.7 Å². The van der Waals surface area contributed by atoms with Crippen LogP contribution >= 0.6 is 0 Å². The Hall–Kier alpha value is -3.39. The van der Waals surface area contributed by atoms with Gasteiger partial charge < -0.3 is 9.64 Å². The van der Waals surface area contributed by atoms with E-state index >= 15 is 0 Å². The third kappa shape index (κ3) is 5.26. The molecule has 1 aromatic heterocycles. The highest BCUT2D eigenvalue weighted by atomic mass is 32.2. The first-order valence-corrected chi connectivity index (χ1v) is 12.0. The highest BCUT2D eigenvalue weighted by molar-refractivity contribution is 7.92. The Labute approximate surface area is 188 Å². The van der Waals surface area contributed by atoms with Gasteiger partial charge in [-0.1, -0.05) is 17.7 Å². The number of ether oxygens (including phenoxy) is 1. The van der Waals surface area contributed by atoms with Gasteiger partial charge >= 0.3 is 0 Å². The second kappa shape index (κ2) is 9.40. The minimum Gasteiger partial charge on any atom is -0.439 e. The third-order valence-electron chi connectivity index (χ3n) is 5.29. The number of carbonyl (C=O) groups excluding carboxylic acids is 1. The van der Waals surface area contributed by atoms with E-state index in [0.717, 1.165) is 31.5 Å². The Kier molecular flexibility index (Phi) is 6.41. The molecule has 1 fully saturated rings. The van der Waals surface area contributed by atoms with Crippen LogP contribution in [0.2, 0.25) is 0 Å². The topological polar surface area (TPSA) is 88.6 Å². The van der Waals surface area contributed by atoms with Crippen molar-refractivity contribution < 1.29 is 17.9 Å². The first kappa shape index (κ1) is 21.8. The zero-order valence-electron chi connectivity index (χ0n) is 17.8. The number of piperidine rings is 1. The molecule has 3 aromatic rings. The van der Waals surface area contributed by atoms with E-state index in [2.05, 4.69) is 9.71 Å². The zero-order valence-corrected chi connectivity index (χ0v) is 18.6. The molecule has 1 saturated heterocycles. The predicted octanol–water partition coefficient (Wildman–Crippen LogP) is 4.61. The summed E-state index contributed by atoms with van der Waals surface area (Å²) >= 11 is 0. The number of rotatable bonds is 6. The molecule has 4 rings (SSSR count). The molecule has 1 amide bonds. The lowest BCUT2D eigenvalue weighted by atomic mass is 10.1. The van der Waals surface area contributed by atoms with Crippen molar-refractivity contribution in [2.75, 3.05) is 17.8 Å². The van der Waals surface area contributed by atoms with E-state index < -0.39 is 10.0 Å². The van der Waals surface area contributed by atoms with Crippen molar-refractivity contribution in [3.8, 4) is 11.6 Å². The van der Waals surface area contributed by atoms with Crippen LogP contribution in [0.25, 0.3) is 0 Å². The largest absolute Gasteiger partial charge is 0.439 e. The van der Waals surface area contributed by atoms with Crippen LogP contribution in [0.3, 0.4) is 0 Å². The molecule has 166 valence electrons. The smallest absolute Gasteiger partial charge is 0.261 e. The van der Waals surface area contributed by atoms with Gasteiger partial charge in [-0.25, -0.2) is 13.4 Å². The van der Waals surface area contributed by atoms with Gasteiger partial charge in [0.05, 0.1) is 16.8 Å². The molecule has 0 radical (unpaired) electrons. The van der Waals surface area contributed by atoms with Crippen LogP contribution in [0.5, 0.6) is 11.6 Å². The molecule has 0 saturated carbocycles. The molecule has 8 heteroatoms. The van der Waals surface area contributed by atoms with E-state index in [0.29, 0.717) is 22.9 Å². The van der Waals surface area contributed by atoms with Gasteiger partial charge in [0.2, 0.25) is 5.88 Å². The summed E-state index contributed by atoms with van der Waals surface area (Å²) < 4.78 is 33.2. The number of aryl methyl sites for hydroxylation is 1. The molecular weight excluding hydrogens is 426 g/mol. The first-order chi connectivity index (χ1) is 15.4. The molecule has 0 spiro atoms. The standard InChI is InChI=1S/C24H25N3O4S/c1-18-5-12-22(13-6-18)32(29,30)26-20-9-14-23(25-17-20)31-21-10-7-19(8-11-21)24(28)27-15-3-2-4-16-27/h5-14,17,26H,2-4,15-16H2,1H3. The molecule has 0 aliphatic carbocycles. The fourth-order valence-electron chi connectivity index (χ4n) is 3.50. The number of anilines is 1. The molecule has 0 unspecified atom stereocenters. The van der Waals surface area contributed by atoms with Gasteiger partial charge in [0.25, 0.3) is 15.9 Å². The molecular formula is C24H25N3O4S. The number of benzene rings is 2. The van der Waals surface area contributed by atoms with Crippen LogP contribution in [-0.2, 0) is 10.0 Å². The average molecular weight is 452 g/mol. The third-order valence-corrected chi connectivity index (χ3v) is 6.68. The van der Waals surface area contributed by atoms with Crippen LogP contribution in [0, 0.1) is 6.92 Å². The second-order valence-electron chi connectivity index (χ2n) is 7.78. The van der Waals surface area contributed by atoms with Crippen molar-refractivity contribution in [2.24, 2.45) is 0 Å². The number of sulfonamides is 1. The summed E-state index contributed by atoms with van der Waals surface area (Å²) in [6.07, 6.45) is 4.68. The molecule has 1 aliphatic rings. The number of nitrogens with zero attached hydrogens (tertiary/aromatic N) is 2. The van der Waals surface area contributed by atoms with Crippen molar-refractivity contribution in [3.63, 3.8) is 0 Å². The molecule has 32 heavy (non-hydrogen) atoms. The maximum Gasteiger partial charge on any atom is 0.261 e. The minimum absolute atomic E-state index is 0.0413. The molecule has 1 N–H and O–H groups in total. The second-order valence-corrected chi connectivity index (χ2v) is 9.47. The summed E-state index contributed by atoms with van der Waals surface area (Å²) in [5, 5.41) is 0. The summed E-state index contributed by atoms with van der Waals surface area (Å²) in [6.45, 7) is 3.51. The van der Waals surface area contributed by atoms with Crippen molar-refractivity contribution >= 4 is 21.6 Å². The Balaban J connectivity index is 1.38. The quantitative estimate of drug-likeness (QED) is 0.591. The molecule has 2 aromatic carbocycles.